The summed E-state index contributed by atoms with van der Waals surface area (Å²) in [6, 6.07) is 2.41. The first kappa shape index (κ1) is 19.3. The molecule has 1 aliphatic rings. The number of hydrogen-bond acceptors (Lipinski definition) is 6. The summed E-state index contributed by atoms with van der Waals surface area (Å²) >= 11 is 0. The minimum absolute atomic E-state index is 0. The Bertz CT molecular complexity index is 730. The second kappa shape index (κ2) is 6.40. The Kier molecular flexibility index (Phi) is 5.62. The van der Waals surface area contributed by atoms with Gasteiger partial charge in [0.2, 0.25) is 10.0 Å². The van der Waals surface area contributed by atoms with Crippen LogP contribution in [0.15, 0.2) is 28.3 Å². The minimum atomic E-state index is -3.78. The summed E-state index contributed by atoms with van der Waals surface area (Å²) in [7, 11) is -7.24. The number of aromatic nitrogens is 1. The molecule has 0 spiro atoms. The van der Waals surface area contributed by atoms with Crippen LogP contribution >= 0.6 is 12.4 Å². The highest BCUT2D eigenvalue weighted by molar-refractivity contribution is 7.90. The van der Waals surface area contributed by atoms with Crippen molar-refractivity contribution in [2.24, 2.45) is 11.7 Å². The molecule has 0 aliphatic heterocycles. The average molecular weight is 370 g/mol. The van der Waals surface area contributed by atoms with Gasteiger partial charge >= 0.3 is 0 Å². The van der Waals surface area contributed by atoms with Crippen molar-refractivity contribution in [2.45, 2.75) is 35.2 Å². The molecule has 1 aromatic heterocycles. The van der Waals surface area contributed by atoms with E-state index in [0.29, 0.717) is 0 Å². The van der Waals surface area contributed by atoms with Crippen LogP contribution in [0, 0.1) is 5.92 Å². The fraction of sp³-hybridized carbons (Fsp3) is 0.583. The van der Waals surface area contributed by atoms with Crippen molar-refractivity contribution >= 4 is 32.3 Å². The number of nitrogens with one attached hydrogen (secondary N) is 1. The van der Waals surface area contributed by atoms with Crippen molar-refractivity contribution in [1.29, 1.82) is 0 Å². The van der Waals surface area contributed by atoms with Crippen LogP contribution in [0.3, 0.4) is 0 Å². The Balaban J connectivity index is 0.00000242. The molecule has 0 bridgehead atoms. The number of sulfonamides is 1. The monoisotopic (exact) mass is 369 g/mol. The van der Waals surface area contributed by atoms with Gasteiger partial charge in [-0.25, -0.2) is 26.5 Å². The van der Waals surface area contributed by atoms with Crippen molar-refractivity contribution in [3.63, 3.8) is 0 Å². The van der Waals surface area contributed by atoms with Gasteiger partial charge in [-0.05, 0) is 37.8 Å². The molecule has 126 valence electrons. The van der Waals surface area contributed by atoms with Gasteiger partial charge in [-0.2, -0.15) is 0 Å². The second-order valence-electron chi connectivity index (χ2n) is 5.61. The van der Waals surface area contributed by atoms with Crippen molar-refractivity contribution in [3.8, 4) is 0 Å². The van der Waals surface area contributed by atoms with Crippen LogP contribution in [0.5, 0.6) is 0 Å². The lowest BCUT2D eigenvalue weighted by atomic mass is 9.98. The smallest absolute Gasteiger partial charge is 0.242 e. The third kappa shape index (κ3) is 4.17. The topological polar surface area (TPSA) is 119 Å². The van der Waals surface area contributed by atoms with Gasteiger partial charge in [0.25, 0.3) is 0 Å². The largest absolute Gasteiger partial charge is 0.329 e. The average Bonchev–Trinajstić information content (AvgIpc) is 3.22. The highest BCUT2D eigenvalue weighted by atomic mass is 35.5. The number of pyridine rings is 1. The van der Waals surface area contributed by atoms with Crippen LogP contribution in [0.2, 0.25) is 0 Å². The molecule has 0 amide bonds. The van der Waals surface area contributed by atoms with Crippen LogP contribution in [0.25, 0.3) is 0 Å². The fourth-order valence-corrected chi connectivity index (χ4v) is 4.10. The molecule has 0 aromatic carbocycles. The number of nitrogens with two attached hydrogens (primary N) is 1. The maximum atomic E-state index is 12.3. The van der Waals surface area contributed by atoms with Crippen LogP contribution in [-0.4, -0.2) is 40.2 Å². The molecule has 0 saturated heterocycles. The molecule has 3 N–H and O–H groups in total. The molecule has 0 radical (unpaired) electrons. The number of rotatable bonds is 6. The first-order chi connectivity index (χ1) is 9.58. The van der Waals surface area contributed by atoms with Gasteiger partial charge in [0.1, 0.15) is 4.90 Å². The van der Waals surface area contributed by atoms with E-state index in [2.05, 4.69) is 9.71 Å². The predicted molar refractivity (Wildman–Crippen MR) is 85.1 cm³/mol. The molecular weight excluding hydrogens is 350 g/mol. The number of sulfone groups is 1. The molecular formula is C12H20ClN3O4S2. The standard InChI is InChI=1S/C12H19N3O4S2.ClH/c1-12(8-13,9-3-4-9)15-21(18,19)10-5-6-11(14-7-10)20(2,16)17;/h5-7,9,15H,3-4,8,13H2,1-2H3;1H. The minimum Gasteiger partial charge on any atom is -0.329 e. The molecule has 1 unspecified atom stereocenters. The van der Waals surface area contributed by atoms with Crippen LogP contribution in [0.1, 0.15) is 19.8 Å². The summed E-state index contributed by atoms with van der Waals surface area (Å²) in [4.78, 5) is 3.62. The molecule has 1 aliphatic carbocycles. The van der Waals surface area contributed by atoms with Gasteiger partial charge in [0, 0.05) is 24.5 Å². The summed E-state index contributed by atoms with van der Waals surface area (Å²) in [6.07, 6.45) is 3.95. The summed E-state index contributed by atoms with van der Waals surface area (Å²) in [5.41, 5.74) is 5.01. The third-order valence-corrected chi connectivity index (χ3v) is 6.27. The molecule has 1 heterocycles. The zero-order valence-corrected chi connectivity index (χ0v) is 14.8. The Labute approximate surface area is 137 Å². The van der Waals surface area contributed by atoms with E-state index in [0.717, 1.165) is 25.3 Å². The molecule has 2 rings (SSSR count). The molecule has 7 nitrogen and oxygen atoms in total. The van der Waals surface area contributed by atoms with Gasteiger partial charge < -0.3 is 5.73 Å². The van der Waals surface area contributed by atoms with E-state index in [-0.39, 0.29) is 34.8 Å². The van der Waals surface area contributed by atoms with Crippen molar-refractivity contribution in [1.82, 2.24) is 9.71 Å². The molecule has 1 aromatic rings. The van der Waals surface area contributed by atoms with E-state index in [1.54, 1.807) is 6.92 Å². The van der Waals surface area contributed by atoms with E-state index in [1.165, 1.54) is 12.1 Å². The molecule has 10 heteroatoms. The van der Waals surface area contributed by atoms with Gasteiger partial charge in [0.05, 0.1) is 0 Å². The molecule has 1 atom stereocenters. The molecule has 22 heavy (non-hydrogen) atoms. The lowest BCUT2D eigenvalue weighted by Crippen LogP contribution is -2.52. The van der Waals surface area contributed by atoms with Gasteiger partial charge in [-0.1, -0.05) is 0 Å². The Morgan fingerprint density at radius 3 is 2.27 bits per heavy atom. The van der Waals surface area contributed by atoms with Crippen LogP contribution in [-0.2, 0) is 19.9 Å². The van der Waals surface area contributed by atoms with E-state index in [1.807, 2.05) is 0 Å². The van der Waals surface area contributed by atoms with Gasteiger partial charge in [-0.15, -0.1) is 12.4 Å². The van der Waals surface area contributed by atoms with Crippen molar-refractivity contribution in [3.05, 3.63) is 18.3 Å². The highest BCUT2D eigenvalue weighted by Crippen LogP contribution is 2.39. The predicted octanol–water partition coefficient (Wildman–Crippen LogP) is 0.313. The van der Waals surface area contributed by atoms with Crippen molar-refractivity contribution < 1.29 is 16.8 Å². The van der Waals surface area contributed by atoms with E-state index >= 15 is 0 Å². The number of halogens is 1. The third-order valence-electron chi connectivity index (χ3n) is 3.67. The van der Waals surface area contributed by atoms with E-state index in [9.17, 15) is 16.8 Å². The zero-order valence-electron chi connectivity index (χ0n) is 12.3. The number of nitrogens with zero attached hydrogens (tertiary/aromatic N) is 1. The second-order valence-corrected chi connectivity index (χ2v) is 9.25. The quantitative estimate of drug-likeness (QED) is 0.744. The van der Waals surface area contributed by atoms with Crippen LogP contribution in [0.4, 0.5) is 0 Å². The first-order valence-corrected chi connectivity index (χ1v) is 9.86. The lowest BCUT2D eigenvalue weighted by molar-refractivity contribution is 0.374. The summed E-state index contributed by atoms with van der Waals surface area (Å²) < 4.78 is 49.9. The summed E-state index contributed by atoms with van der Waals surface area (Å²) in [5.74, 6) is 0.237. The van der Waals surface area contributed by atoms with Crippen LogP contribution < -0.4 is 10.5 Å². The molecule has 1 saturated carbocycles. The van der Waals surface area contributed by atoms with Crippen molar-refractivity contribution in [2.75, 3.05) is 12.8 Å². The summed E-state index contributed by atoms with van der Waals surface area (Å²) in [6.45, 7) is 1.98. The Morgan fingerprint density at radius 2 is 1.91 bits per heavy atom. The lowest BCUT2D eigenvalue weighted by Gasteiger charge is -2.29. The molecule has 1 fully saturated rings. The van der Waals surface area contributed by atoms with Gasteiger partial charge in [-0.3, -0.25) is 0 Å². The zero-order chi connectivity index (χ0) is 15.9. The summed E-state index contributed by atoms with van der Waals surface area (Å²) in [5, 5.41) is -0.162. The maximum Gasteiger partial charge on any atom is 0.242 e. The SMILES string of the molecule is CC(CN)(NS(=O)(=O)c1ccc(S(C)(=O)=O)nc1)C1CC1.Cl. The van der Waals surface area contributed by atoms with Gasteiger partial charge in [0.15, 0.2) is 14.9 Å². The Hall–Kier alpha value is -0.740. The first-order valence-electron chi connectivity index (χ1n) is 6.49. The highest BCUT2D eigenvalue weighted by Gasteiger charge is 2.43. The maximum absolute atomic E-state index is 12.3. The normalized spacial score (nSPS) is 18.3. The van der Waals surface area contributed by atoms with E-state index < -0.39 is 25.4 Å². The van der Waals surface area contributed by atoms with E-state index in [4.69, 9.17) is 5.73 Å². The number of hydrogen-bond donors (Lipinski definition) is 2. The fourth-order valence-electron chi connectivity index (χ4n) is 2.12. The Morgan fingerprint density at radius 1 is 1.32 bits per heavy atom.